The standard InChI is InChI=1S/C14H20ClNO2S.C2H6/c1-14(2,13(17)16-9-4-10-19-3)18-12-7-5-11(15)6-8-12;1-2/h5-8H,4,9-10H2,1-3H3,(H,16,17);1-2H3. The number of hydrogen-bond acceptors (Lipinski definition) is 3. The summed E-state index contributed by atoms with van der Waals surface area (Å²) in [6.07, 6.45) is 3.01. The second-order valence-corrected chi connectivity index (χ2v) is 6.09. The molecule has 0 unspecified atom stereocenters. The molecule has 3 nitrogen and oxygen atoms in total. The SMILES string of the molecule is CC.CSCCCNC(=O)C(C)(C)Oc1ccc(Cl)cc1. The summed E-state index contributed by atoms with van der Waals surface area (Å²) in [5, 5.41) is 3.53. The lowest BCUT2D eigenvalue weighted by molar-refractivity contribution is -0.134. The van der Waals surface area contributed by atoms with Gasteiger partial charge < -0.3 is 10.1 Å². The highest BCUT2D eigenvalue weighted by Crippen LogP contribution is 2.20. The van der Waals surface area contributed by atoms with Crippen molar-refractivity contribution in [2.45, 2.75) is 39.7 Å². The molecule has 21 heavy (non-hydrogen) atoms. The molecule has 1 aromatic carbocycles. The number of ether oxygens (including phenoxy) is 1. The van der Waals surface area contributed by atoms with Crippen LogP contribution in [0.3, 0.4) is 0 Å². The van der Waals surface area contributed by atoms with Gasteiger partial charge in [0.05, 0.1) is 0 Å². The van der Waals surface area contributed by atoms with Gasteiger partial charge in [0.25, 0.3) is 5.91 Å². The maximum Gasteiger partial charge on any atom is 0.263 e. The monoisotopic (exact) mass is 331 g/mol. The van der Waals surface area contributed by atoms with Crippen LogP contribution in [0.5, 0.6) is 5.75 Å². The Bertz CT molecular complexity index is 407. The van der Waals surface area contributed by atoms with Gasteiger partial charge in [0.1, 0.15) is 5.75 Å². The zero-order valence-electron chi connectivity index (χ0n) is 13.5. The summed E-state index contributed by atoms with van der Waals surface area (Å²) in [5.41, 5.74) is -0.896. The van der Waals surface area contributed by atoms with E-state index in [4.69, 9.17) is 16.3 Å². The highest BCUT2D eigenvalue weighted by Gasteiger charge is 2.29. The van der Waals surface area contributed by atoms with E-state index in [1.54, 1.807) is 49.9 Å². The number of carbonyl (C=O) groups excluding carboxylic acids is 1. The maximum atomic E-state index is 12.0. The minimum Gasteiger partial charge on any atom is -0.478 e. The van der Waals surface area contributed by atoms with Gasteiger partial charge in [-0.05, 0) is 56.5 Å². The van der Waals surface area contributed by atoms with Crippen molar-refractivity contribution >= 4 is 29.3 Å². The lowest BCUT2D eigenvalue weighted by Crippen LogP contribution is -2.46. The van der Waals surface area contributed by atoms with E-state index in [9.17, 15) is 4.79 Å². The molecule has 5 heteroatoms. The second-order valence-electron chi connectivity index (χ2n) is 4.67. The van der Waals surface area contributed by atoms with E-state index >= 15 is 0 Å². The predicted molar refractivity (Wildman–Crippen MR) is 93.5 cm³/mol. The average molecular weight is 332 g/mol. The third-order valence-electron chi connectivity index (χ3n) is 2.54. The van der Waals surface area contributed by atoms with Gasteiger partial charge in [0.15, 0.2) is 5.60 Å². The van der Waals surface area contributed by atoms with Crippen molar-refractivity contribution in [1.82, 2.24) is 5.32 Å². The van der Waals surface area contributed by atoms with Gasteiger partial charge in [-0.3, -0.25) is 4.79 Å². The van der Waals surface area contributed by atoms with Gasteiger partial charge in [0.2, 0.25) is 0 Å². The highest BCUT2D eigenvalue weighted by molar-refractivity contribution is 7.98. The number of thioether (sulfide) groups is 1. The summed E-state index contributed by atoms with van der Waals surface area (Å²) in [6, 6.07) is 6.99. The lowest BCUT2D eigenvalue weighted by atomic mass is 10.1. The highest BCUT2D eigenvalue weighted by atomic mass is 35.5. The Labute approximate surface area is 137 Å². The van der Waals surface area contributed by atoms with Crippen LogP contribution in [0, 0.1) is 0 Å². The van der Waals surface area contributed by atoms with E-state index in [0.717, 1.165) is 12.2 Å². The van der Waals surface area contributed by atoms with Crippen molar-refractivity contribution in [1.29, 1.82) is 0 Å². The van der Waals surface area contributed by atoms with Crippen molar-refractivity contribution < 1.29 is 9.53 Å². The molecule has 0 aliphatic carbocycles. The van der Waals surface area contributed by atoms with Crippen LogP contribution in [0.1, 0.15) is 34.1 Å². The molecule has 0 saturated heterocycles. The van der Waals surface area contributed by atoms with Gasteiger partial charge in [-0.1, -0.05) is 25.4 Å². The van der Waals surface area contributed by atoms with E-state index in [1.807, 2.05) is 13.8 Å². The normalized spacial score (nSPS) is 10.4. The molecule has 1 N–H and O–H groups in total. The number of nitrogens with one attached hydrogen (secondary N) is 1. The maximum absolute atomic E-state index is 12.0. The Morgan fingerprint density at radius 3 is 2.38 bits per heavy atom. The Balaban J connectivity index is 0.00000191. The molecule has 0 aliphatic heterocycles. The van der Waals surface area contributed by atoms with E-state index < -0.39 is 5.60 Å². The van der Waals surface area contributed by atoms with Crippen LogP contribution in [0.15, 0.2) is 24.3 Å². The summed E-state index contributed by atoms with van der Waals surface area (Å²) < 4.78 is 5.70. The first-order valence-electron chi connectivity index (χ1n) is 7.17. The summed E-state index contributed by atoms with van der Waals surface area (Å²) in [7, 11) is 0. The first-order valence-corrected chi connectivity index (χ1v) is 8.95. The number of hydrogen-bond donors (Lipinski definition) is 1. The first-order chi connectivity index (χ1) is 9.95. The lowest BCUT2D eigenvalue weighted by Gasteiger charge is -2.25. The average Bonchev–Trinajstić information content (AvgIpc) is 2.47. The fourth-order valence-electron chi connectivity index (χ4n) is 1.47. The minimum absolute atomic E-state index is 0.108. The zero-order chi connectivity index (χ0) is 16.3. The Kier molecular flexibility index (Phi) is 10.4. The largest absolute Gasteiger partial charge is 0.478 e. The molecule has 0 bridgehead atoms. The molecular formula is C16H26ClNO2S. The molecule has 0 aliphatic rings. The van der Waals surface area contributed by atoms with Crippen LogP contribution in [0.2, 0.25) is 5.02 Å². The summed E-state index contributed by atoms with van der Waals surface area (Å²) in [6.45, 7) is 8.18. The fourth-order valence-corrected chi connectivity index (χ4v) is 2.03. The Morgan fingerprint density at radius 1 is 1.29 bits per heavy atom. The summed E-state index contributed by atoms with van der Waals surface area (Å²) in [5.74, 6) is 1.57. The van der Waals surface area contributed by atoms with E-state index in [1.165, 1.54) is 0 Å². The van der Waals surface area contributed by atoms with Gasteiger partial charge in [-0.25, -0.2) is 0 Å². The molecule has 0 saturated carbocycles. The summed E-state index contributed by atoms with van der Waals surface area (Å²) >= 11 is 7.58. The van der Waals surface area contributed by atoms with Crippen molar-refractivity contribution in [3.05, 3.63) is 29.3 Å². The molecular weight excluding hydrogens is 306 g/mol. The quantitative estimate of drug-likeness (QED) is 0.753. The van der Waals surface area contributed by atoms with Crippen LogP contribution >= 0.6 is 23.4 Å². The van der Waals surface area contributed by atoms with Crippen molar-refractivity contribution in [2.75, 3.05) is 18.6 Å². The zero-order valence-corrected chi connectivity index (χ0v) is 15.1. The summed E-state index contributed by atoms with van der Waals surface area (Å²) in [4.78, 5) is 12.0. The smallest absolute Gasteiger partial charge is 0.263 e. The fraction of sp³-hybridized carbons (Fsp3) is 0.562. The molecule has 0 heterocycles. The number of halogens is 1. The number of amides is 1. The van der Waals surface area contributed by atoms with Crippen molar-refractivity contribution in [3.8, 4) is 5.75 Å². The number of rotatable bonds is 7. The Morgan fingerprint density at radius 2 is 1.86 bits per heavy atom. The van der Waals surface area contributed by atoms with E-state index in [2.05, 4.69) is 11.6 Å². The van der Waals surface area contributed by atoms with Crippen LogP contribution in [0.4, 0.5) is 0 Å². The van der Waals surface area contributed by atoms with Crippen LogP contribution < -0.4 is 10.1 Å². The molecule has 120 valence electrons. The van der Waals surface area contributed by atoms with Gasteiger partial charge >= 0.3 is 0 Å². The predicted octanol–water partition coefficient (Wildman–Crippen LogP) is 4.39. The second kappa shape index (κ2) is 10.8. The third kappa shape index (κ3) is 8.22. The molecule has 1 aromatic rings. The van der Waals surface area contributed by atoms with Crippen LogP contribution in [-0.4, -0.2) is 30.1 Å². The van der Waals surface area contributed by atoms with Crippen LogP contribution in [0.25, 0.3) is 0 Å². The van der Waals surface area contributed by atoms with E-state index in [-0.39, 0.29) is 5.91 Å². The first kappa shape index (κ1) is 20.1. The molecule has 0 aromatic heterocycles. The van der Waals surface area contributed by atoms with Crippen LogP contribution in [-0.2, 0) is 4.79 Å². The number of benzene rings is 1. The molecule has 1 amide bonds. The van der Waals surface area contributed by atoms with Gasteiger partial charge in [0, 0.05) is 11.6 Å². The van der Waals surface area contributed by atoms with E-state index in [0.29, 0.717) is 17.3 Å². The topological polar surface area (TPSA) is 38.3 Å². The number of carbonyl (C=O) groups is 1. The molecule has 0 fully saturated rings. The van der Waals surface area contributed by atoms with Gasteiger partial charge in [-0.2, -0.15) is 11.8 Å². The minimum atomic E-state index is -0.896. The Hall–Kier alpha value is -0.870. The van der Waals surface area contributed by atoms with Crippen molar-refractivity contribution in [3.63, 3.8) is 0 Å². The van der Waals surface area contributed by atoms with Gasteiger partial charge in [-0.15, -0.1) is 0 Å². The van der Waals surface area contributed by atoms with Crippen molar-refractivity contribution in [2.24, 2.45) is 0 Å². The molecule has 1 rings (SSSR count). The molecule has 0 atom stereocenters. The molecule has 0 spiro atoms. The molecule has 0 radical (unpaired) electrons. The third-order valence-corrected chi connectivity index (χ3v) is 3.49.